The second-order valence-electron chi connectivity index (χ2n) is 7.38. The lowest BCUT2D eigenvalue weighted by Crippen LogP contribution is -2.32. The number of nitrogens with one attached hydrogen (secondary N) is 1. The summed E-state index contributed by atoms with van der Waals surface area (Å²) in [6.07, 6.45) is 1.81. The maximum Gasteiger partial charge on any atom is 0.170 e. The van der Waals surface area contributed by atoms with Crippen molar-refractivity contribution in [1.82, 2.24) is 15.2 Å². The lowest BCUT2D eigenvalue weighted by atomic mass is 10.0. The van der Waals surface area contributed by atoms with Crippen molar-refractivity contribution in [3.8, 4) is 11.3 Å². The minimum atomic E-state index is -0.0586. The smallest absolute Gasteiger partial charge is 0.170 e. The van der Waals surface area contributed by atoms with Crippen LogP contribution in [0.1, 0.15) is 37.4 Å². The van der Waals surface area contributed by atoms with Gasteiger partial charge in [0.05, 0.1) is 11.7 Å². The molecular weight excluding hydrogens is 390 g/mol. The van der Waals surface area contributed by atoms with Gasteiger partial charge >= 0.3 is 0 Å². The summed E-state index contributed by atoms with van der Waals surface area (Å²) in [7, 11) is 0. The van der Waals surface area contributed by atoms with E-state index < -0.39 is 0 Å². The molecule has 4 rings (SSSR count). The molecule has 1 aliphatic heterocycles. The molecule has 0 aliphatic carbocycles. The third-order valence-corrected chi connectivity index (χ3v) is 5.41. The predicted octanol–water partition coefficient (Wildman–Crippen LogP) is 5.62. The van der Waals surface area contributed by atoms with Crippen LogP contribution in [0.4, 0.5) is 0 Å². The molecule has 144 valence electrons. The molecule has 1 fully saturated rings. The first kappa shape index (κ1) is 19.0. The second kappa shape index (κ2) is 7.94. The summed E-state index contributed by atoms with van der Waals surface area (Å²) in [6, 6.07) is 17.5. The highest BCUT2D eigenvalue weighted by atomic mass is 35.5. The van der Waals surface area contributed by atoms with Crippen LogP contribution >= 0.6 is 23.8 Å². The van der Waals surface area contributed by atoms with Crippen molar-refractivity contribution in [1.29, 1.82) is 0 Å². The van der Waals surface area contributed by atoms with Crippen LogP contribution in [0.2, 0.25) is 5.02 Å². The maximum absolute atomic E-state index is 6.29. The fraction of sp³-hybridized carbons (Fsp3) is 0.273. The number of hydrogen-bond donors (Lipinski definition) is 1. The molecule has 1 N–H and O–H groups in total. The number of halogens is 1. The largest absolute Gasteiger partial charge is 0.459 e. The summed E-state index contributed by atoms with van der Waals surface area (Å²) >= 11 is 11.7. The van der Waals surface area contributed by atoms with Crippen LogP contribution in [0.15, 0.2) is 65.2 Å². The van der Waals surface area contributed by atoms with Crippen LogP contribution < -0.4 is 5.32 Å². The number of thiocarbonyl (C=S) groups is 1. The van der Waals surface area contributed by atoms with Gasteiger partial charge in [0, 0.05) is 23.3 Å². The molecule has 0 spiro atoms. The van der Waals surface area contributed by atoms with Gasteiger partial charge in [0.2, 0.25) is 0 Å². The molecule has 4 nitrogen and oxygen atoms in total. The van der Waals surface area contributed by atoms with E-state index in [2.05, 4.69) is 29.0 Å². The Kier molecular flexibility index (Phi) is 5.38. The first-order valence-electron chi connectivity index (χ1n) is 9.36. The van der Waals surface area contributed by atoms with Crippen molar-refractivity contribution < 1.29 is 4.42 Å². The molecular formula is C22H22ClN3OS. The Hall–Kier alpha value is -2.37. The van der Waals surface area contributed by atoms with E-state index in [-0.39, 0.29) is 12.1 Å². The van der Waals surface area contributed by atoms with Crippen LogP contribution in [0.3, 0.4) is 0 Å². The van der Waals surface area contributed by atoms with Gasteiger partial charge < -0.3 is 14.6 Å². The number of aromatic nitrogens is 1. The van der Waals surface area contributed by atoms with E-state index in [1.165, 1.54) is 0 Å². The zero-order valence-corrected chi connectivity index (χ0v) is 17.4. The molecule has 1 aromatic carbocycles. The number of pyridine rings is 1. The molecule has 0 unspecified atom stereocenters. The molecule has 2 atom stereocenters. The Morgan fingerprint density at radius 2 is 1.93 bits per heavy atom. The van der Waals surface area contributed by atoms with Gasteiger partial charge in [-0.05, 0) is 66.7 Å². The quantitative estimate of drug-likeness (QED) is 0.551. The van der Waals surface area contributed by atoms with Crippen molar-refractivity contribution in [2.45, 2.75) is 25.9 Å². The fourth-order valence-corrected chi connectivity index (χ4v) is 4.03. The second-order valence-corrected chi connectivity index (χ2v) is 8.20. The minimum Gasteiger partial charge on any atom is -0.459 e. The Labute approximate surface area is 175 Å². The molecule has 3 aromatic rings. The van der Waals surface area contributed by atoms with Crippen LogP contribution in [-0.4, -0.2) is 21.5 Å². The van der Waals surface area contributed by atoms with Gasteiger partial charge in [0.1, 0.15) is 17.6 Å². The Morgan fingerprint density at radius 3 is 2.61 bits per heavy atom. The predicted molar refractivity (Wildman–Crippen MR) is 116 cm³/mol. The molecule has 6 heteroatoms. The normalized spacial score (nSPS) is 19.3. The zero-order valence-electron chi connectivity index (χ0n) is 15.8. The van der Waals surface area contributed by atoms with Crippen LogP contribution in [0, 0.1) is 5.92 Å². The van der Waals surface area contributed by atoms with Gasteiger partial charge in [0.25, 0.3) is 0 Å². The number of hydrogen-bond acceptors (Lipinski definition) is 3. The van der Waals surface area contributed by atoms with E-state index in [9.17, 15) is 0 Å². The molecule has 1 saturated heterocycles. The van der Waals surface area contributed by atoms with E-state index >= 15 is 0 Å². The fourth-order valence-electron chi connectivity index (χ4n) is 3.59. The van der Waals surface area contributed by atoms with Gasteiger partial charge in [-0.3, -0.25) is 4.98 Å². The minimum absolute atomic E-state index is 0.0501. The van der Waals surface area contributed by atoms with E-state index in [1.54, 1.807) is 0 Å². The molecule has 1 aliphatic rings. The van der Waals surface area contributed by atoms with Gasteiger partial charge in [-0.25, -0.2) is 0 Å². The molecule has 0 radical (unpaired) electrons. The Morgan fingerprint density at radius 1 is 1.14 bits per heavy atom. The first-order chi connectivity index (χ1) is 13.5. The monoisotopic (exact) mass is 411 g/mol. The van der Waals surface area contributed by atoms with Crippen LogP contribution in [0.25, 0.3) is 11.3 Å². The summed E-state index contributed by atoms with van der Waals surface area (Å²) < 4.78 is 6.29. The highest BCUT2D eigenvalue weighted by Gasteiger charge is 2.41. The van der Waals surface area contributed by atoms with E-state index in [1.807, 2.05) is 60.8 Å². The van der Waals surface area contributed by atoms with Crippen molar-refractivity contribution >= 4 is 28.9 Å². The van der Waals surface area contributed by atoms with Gasteiger partial charge in [0.15, 0.2) is 5.11 Å². The first-order valence-corrected chi connectivity index (χ1v) is 10.2. The van der Waals surface area contributed by atoms with Crippen molar-refractivity contribution in [3.05, 3.63) is 77.3 Å². The Balaban J connectivity index is 1.72. The van der Waals surface area contributed by atoms with Crippen molar-refractivity contribution in [2.24, 2.45) is 5.92 Å². The third-order valence-electron chi connectivity index (χ3n) is 4.81. The van der Waals surface area contributed by atoms with Gasteiger partial charge in [-0.1, -0.05) is 31.5 Å². The number of benzene rings is 1. The highest BCUT2D eigenvalue weighted by Crippen LogP contribution is 2.40. The standard InChI is InChI=1S/C22H22ClN3OS/c1-14(2)13-26-21(20(25-22(26)28)17-5-3-4-12-24-17)19-11-10-18(27-19)15-6-8-16(23)9-7-15/h3-12,14,20-21H,13H2,1-2H3,(H,25,28)/t20-,21-/m0/s1. The molecule has 3 heterocycles. The summed E-state index contributed by atoms with van der Waals surface area (Å²) in [5, 5.41) is 4.89. The maximum atomic E-state index is 6.29. The van der Waals surface area contributed by atoms with E-state index in [4.69, 9.17) is 28.2 Å². The third kappa shape index (κ3) is 3.77. The summed E-state index contributed by atoms with van der Waals surface area (Å²) in [5.41, 5.74) is 1.94. The molecule has 0 bridgehead atoms. The average molecular weight is 412 g/mol. The summed E-state index contributed by atoms with van der Waals surface area (Å²) in [5.74, 6) is 2.15. The highest BCUT2D eigenvalue weighted by molar-refractivity contribution is 7.80. The molecule has 2 aromatic heterocycles. The van der Waals surface area contributed by atoms with E-state index in [0.717, 1.165) is 34.4 Å². The van der Waals surface area contributed by atoms with Gasteiger partial charge in [-0.15, -0.1) is 0 Å². The summed E-state index contributed by atoms with van der Waals surface area (Å²) in [6.45, 7) is 5.22. The lowest BCUT2D eigenvalue weighted by molar-refractivity contribution is 0.253. The summed E-state index contributed by atoms with van der Waals surface area (Å²) in [4.78, 5) is 6.77. The number of nitrogens with zero attached hydrogens (tertiary/aromatic N) is 2. The number of rotatable bonds is 5. The molecule has 28 heavy (non-hydrogen) atoms. The van der Waals surface area contributed by atoms with Crippen molar-refractivity contribution in [2.75, 3.05) is 6.54 Å². The average Bonchev–Trinajstić information content (AvgIpc) is 3.28. The zero-order chi connectivity index (χ0) is 19.7. The van der Waals surface area contributed by atoms with Gasteiger partial charge in [-0.2, -0.15) is 0 Å². The lowest BCUT2D eigenvalue weighted by Gasteiger charge is -2.27. The SMILES string of the molecule is CC(C)CN1C(=S)N[C@@H](c2ccccn2)[C@@H]1c1ccc(-c2ccc(Cl)cc2)o1. The Bertz CT molecular complexity index is 955. The van der Waals surface area contributed by atoms with Crippen molar-refractivity contribution in [3.63, 3.8) is 0 Å². The van der Waals surface area contributed by atoms with E-state index in [0.29, 0.717) is 10.9 Å². The van der Waals surface area contributed by atoms with Crippen LogP contribution in [0.5, 0.6) is 0 Å². The topological polar surface area (TPSA) is 41.3 Å². The van der Waals surface area contributed by atoms with Crippen LogP contribution in [-0.2, 0) is 0 Å². The molecule has 0 amide bonds. The number of furan rings is 1. The molecule has 0 saturated carbocycles.